The first-order chi connectivity index (χ1) is 8.64. The van der Waals surface area contributed by atoms with Gasteiger partial charge < -0.3 is 10.4 Å². The van der Waals surface area contributed by atoms with Crippen LogP contribution in [0.1, 0.15) is 57.8 Å². The number of unbranched alkanes of at least 4 members (excludes halogenated alkanes) is 2. The molecule has 2 saturated carbocycles. The van der Waals surface area contributed by atoms with Gasteiger partial charge in [0.1, 0.15) is 0 Å². The minimum atomic E-state index is -0.736. The smallest absolute Gasteiger partial charge is 0.303 e. The van der Waals surface area contributed by atoms with Crippen molar-refractivity contribution in [3.05, 3.63) is 0 Å². The molecular weight excluding hydrogens is 230 g/mol. The third-order valence-corrected chi connectivity index (χ3v) is 4.47. The zero-order chi connectivity index (χ0) is 13.0. The van der Waals surface area contributed by atoms with Crippen molar-refractivity contribution in [3.8, 4) is 0 Å². The highest BCUT2D eigenvalue weighted by Crippen LogP contribution is 2.62. The van der Waals surface area contributed by atoms with E-state index in [2.05, 4.69) is 5.32 Å². The topological polar surface area (TPSA) is 66.4 Å². The number of aliphatic carboxylic acids is 1. The predicted octanol–water partition coefficient (Wildman–Crippen LogP) is 2.33. The Bertz CT molecular complexity index is 321. The lowest BCUT2D eigenvalue weighted by atomic mass is 10.0. The summed E-state index contributed by atoms with van der Waals surface area (Å²) >= 11 is 0. The Kier molecular flexibility index (Phi) is 4.25. The molecule has 4 nitrogen and oxygen atoms in total. The molecule has 2 fully saturated rings. The molecule has 2 aliphatic carbocycles. The highest BCUT2D eigenvalue weighted by atomic mass is 16.4. The molecule has 102 valence electrons. The number of carbonyl (C=O) groups is 2. The maximum absolute atomic E-state index is 11.9. The SMILES string of the molecule is O=C(O)CCCCCNC(=O)C1CC12CCCC2. The van der Waals surface area contributed by atoms with Gasteiger partial charge in [0, 0.05) is 18.9 Å². The van der Waals surface area contributed by atoms with E-state index in [1.807, 2.05) is 0 Å². The second-order valence-corrected chi connectivity index (χ2v) is 5.82. The van der Waals surface area contributed by atoms with Crippen LogP contribution in [0.4, 0.5) is 0 Å². The number of hydrogen-bond donors (Lipinski definition) is 2. The highest BCUT2D eigenvalue weighted by molar-refractivity contribution is 5.82. The number of hydrogen-bond acceptors (Lipinski definition) is 2. The fourth-order valence-electron chi connectivity index (χ4n) is 3.26. The molecule has 1 unspecified atom stereocenters. The summed E-state index contributed by atoms with van der Waals surface area (Å²) < 4.78 is 0. The summed E-state index contributed by atoms with van der Waals surface area (Å²) in [6.07, 6.45) is 8.86. The Morgan fingerprint density at radius 2 is 1.89 bits per heavy atom. The van der Waals surface area contributed by atoms with Gasteiger partial charge in [-0.1, -0.05) is 19.3 Å². The molecule has 2 N–H and O–H groups in total. The molecular formula is C14H23NO3. The van der Waals surface area contributed by atoms with Crippen LogP contribution in [0.5, 0.6) is 0 Å². The summed E-state index contributed by atoms with van der Waals surface area (Å²) in [6, 6.07) is 0. The highest BCUT2D eigenvalue weighted by Gasteiger charge is 2.58. The van der Waals surface area contributed by atoms with Crippen molar-refractivity contribution in [2.24, 2.45) is 11.3 Å². The van der Waals surface area contributed by atoms with Gasteiger partial charge in [-0.05, 0) is 37.5 Å². The van der Waals surface area contributed by atoms with Crippen LogP contribution in [-0.4, -0.2) is 23.5 Å². The number of carbonyl (C=O) groups excluding carboxylic acids is 1. The van der Waals surface area contributed by atoms with Crippen molar-refractivity contribution in [1.29, 1.82) is 0 Å². The Labute approximate surface area is 108 Å². The number of nitrogens with one attached hydrogen (secondary N) is 1. The standard InChI is InChI=1S/C14H23NO3/c16-12(17)6-2-1-5-9-15-13(18)11-10-14(11)7-3-4-8-14/h11H,1-10H2,(H,15,18)(H,16,17). The second kappa shape index (κ2) is 5.72. The fraction of sp³-hybridized carbons (Fsp3) is 0.857. The van der Waals surface area contributed by atoms with Gasteiger partial charge >= 0.3 is 5.97 Å². The number of carboxylic acids is 1. The van der Waals surface area contributed by atoms with Gasteiger partial charge in [0.05, 0.1) is 0 Å². The lowest BCUT2D eigenvalue weighted by molar-refractivity contribution is -0.137. The van der Waals surface area contributed by atoms with E-state index >= 15 is 0 Å². The van der Waals surface area contributed by atoms with Gasteiger partial charge in [0.15, 0.2) is 0 Å². The average molecular weight is 253 g/mol. The Morgan fingerprint density at radius 3 is 2.56 bits per heavy atom. The summed E-state index contributed by atoms with van der Waals surface area (Å²) in [6.45, 7) is 0.699. The van der Waals surface area contributed by atoms with Crippen molar-refractivity contribution in [2.45, 2.75) is 57.8 Å². The fourth-order valence-corrected chi connectivity index (χ4v) is 3.26. The van der Waals surface area contributed by atoms with Crippen LogP contribution >= 0.6 is 0 Å². The summed E-state index contributed by atoms with van der Waals surface area (Å²) in [7, 11) is 0. The summed E-state index contributed by atoms with van der Waals surface area (Å²) in [5.74, 6) is -0.227. The molecule has 2 rings (SSSR count). The molecule has 1 spiro atoms. The minimum Gasteiger partial charge on any atom is -0.481 e. The molecule has 0 aromatic heterocycles. The molecule has 4 heteroatoms. The van der Waals surface area contributed by atoms with Crippen LogP contribution in [0, 0.1) is 11.3 Å². The van der Waals surface area contributed by atoms with Gasteiger partial charge in [0.25, 0.3) is 0 Å². The van der Waals surface area contributed by atoms with Crippen LogP contribution < -0.4 is 5.32 Å². The first kappa shape index (κ1) is 13.4. The molecule has 1 amide bonds. The van der Waals surface area contributed by atoms with Crippen molar-refractivity contribution in [3.63, 3.8) is 0 Å². The number of carboxylic acid groups (broad SMARTS) is 1. The molecule has 0 bridgehead atoms. The third kappa shape index (κ3) is 3.24. The Balaban J connectivity index is 1.52. The predicted molar refractivity (Wildman–Crippen MR) is 68.1 cm³/mol. The van der Waals surface area contributed by atoms with Gasteiger partial charge in [0.2, 0.25) is 5.91 Å². The van der Waals surface area contributed by atoms with Crippen molar-refractivity contribution in [2.75, 3.05) is 6.54 Å². The normalized spacial score (nSPS) is 24.1. The zero-order valence-electron chi connectivity index (χ0n) is 10.9. The van der Waals surface area contributed by atoms with Crippen molar-refractivity contribution >= 4 is 11.9 Å². The van der Waals surface area contributed by atoms with Gasteiger partial charge in [-0.3, -0.25) is 9.59 Å². The average Bonchev–Trinajstić information content (AvgIpc) is 2.81. The van der Waals surface area contributed by atoms with E-state index in [0.717, 1.165) is 19.3 Å². The minimum absolute atomic E-state index is 0.232. The molecule has 0 heterocycles. The summed E-state index contributed by atoms with van der Waals surface area (Å²) in [5.41, 5.74) is 0.382. The van der Waals surface area contributed by atoms with Gasteiger partial charge in [-0.2, -0.15) is 0 Å². The van der Waals surface area contributed by atoms with E-state index < -0.39 is 5.97 Å². The van der Waals surface area contributed by atoms with Crippen LogP contribution in [0.15, 0.2) is 0 Å². The first-order valence-electron chi connectivity index (χ1n) is 7.14. The van der Waals surface area contributed by atoms with Crippen LogP contribution in [-0.2, 0) is 9.59 Å². The van der Waals surface area contributed by atoms with E-state index in [-0.39, 0.29) is 18.2 Å². The molecule has 18 heavy (non-hydrogen) atoms. The van der Waals surface area contributed by atoms with E-state index in [1.54, 1.807) is 0 Å². The molecule has 0 aromatic carbocycles. The van der Waals surface area contributed by atoms with Crippen molar-refractivity contribution in [1.82, 2.24) is 5.32 Å². The lowest BCUT2D eigenvalue weighted by Crippen LogP contribution is -2.27. The summed E-state index contributed by atoms with van der Waals surface area (Å²) in [4.78, 5) is 22.2. The number of rotatable bonds is 7. The van der Waals surface area contributed by atoms with E-state index in [0.29, 0.717) is 18.4 Å². The van der Waals surface area contributed by atoms with E-state index in [1.165, 1.54) is 25.7 Å². The first-order valence-corrected chi connectivity index (χ1v) is 7.14. The van der Waals surface area contributed by atoms with E-state index in [9.17, 15) is 9.59 Å². The van der Waals surface area contributed by atoms with Crippen LogP contribution in [0.3, 0.4) is 0 Å². The lowest BCUT2D eigenvalue weighted by Gasteiger charge is -2.08. The largest absolute Gasteiger partial charge is 0.481 e. The third-order valence-electron chi connectivity index (χ3n) is 4.47. The quantitative estimate of drug-likeness (QED) is 0.684. The van der Waals surface area contributed by atoms with E-state index in [4.69, 9.17) is 5.11 Å². The zero-order valence-corrected chi connectivity index (χ0v) is 10.9. The molecule has 0 aromatic rings. The monoisotopic (exact) mass is 253 g/mol. The molecule has 1 atom stereocenters. The Morgan fingerprint density at radius 1 is 1.17 bits per heavy atom. The van der Waals surface area contributed by atoms with Gasteiger partial charge in [-0.15, -0.1) is 0 Å². The Hall–Kier alpha value is -1.06. The maximum Gasteiger partial charge on any atom is 0.303 e. The van der Waals surface area contributed by atoms with Crippen LogP contribution in [0.2, 0.25) is 0 Å². The molecule has 2 aliphatic rings. The maximum atomic E-state index is 11.9. The van der Waals surface area contributed by atoms with Crippen LogP contribution in [0.25, 0.3) is 0 Å². The van der Waals surface area contributed by atoms with Gasteiger partial charge in [-0.25, -0.2) is 0 Å². The molecule has 0 saturated heterocycles. The van der Waals surface area contributed by atoms with Crippen molar-refractivity contribution < 1.29 is 14.7 Å². The number of amides is 1. The summed E-state index contributed by atoms with van der Waals surface area (Å²) in [5, 5.41) is 11.5. The second-order valence-electron chi connectivity index (χ2n) is 5.82. The molecule has 0 aliphatic heterocycles. The molecule has 0 radical (unpaired) electrons.